The van der Waals surface area contributed by atoms with Gasteiger partial charge in [0.15, 0.2) is 0 Å². The number of aryl methyl sites for hydroxylation is 1. The molecule has 0 radical (unpaired) electrons. The van der Waals surface area contributed by atoms with Crippen molar-refractivity contribution in [1.29, 1.82) is 0 Å². The van der Waals surface area contributed by atoms with Gasteiger partial charge >= 0.3 is 0 Å². The molecule has 0 aliphatic carbocycles. The molecular weight excluding hydrogens is 264 g/mol. The molecule has 0 aliphatic rings. The molecule has 21 heavy (non-hydrogen) atoms. The van der Waals surface area contributed by atoms with Crippen molar-refractivity contribution >= 4 is 17.3 Å². The van der Waals surface area contributed by atoms with Gasteiger partial charge in [0, 0.05) is 18.3 Å². The average molecular weight is 286 g/mol. The van der Waals surface area contributed by atoms with E-state index >= 15 is 0 Å². The predicted molar refractivity (Wildman–Crippen MR) is 86.4 cm³/mol. The van der Waals surface area contributed by atoms with Gasteiger partial charge in [-0.3, -0.25) is 0 Å². The first-order valence-electron chi connectivity index (χ1n) is 7.20. The molecule has 0 fully saturated rings. The second-order valence-corrected chi connectivity index (χ2v) is 5.03. The van der Waals surface area contributed by atoms with Crippen LogP contribution in [0.2, 0.25) is 0 Å². The van der Waals surface area contributed by atoms with Gasteiger partial charge in [0.05, 0.1) is 6.10 Å². The lowest BCUT2D eigenvalue weighted by Crippen LogP contribution is -2.05. The molecule has 0 aliphatic heterocycles. The first kappa shape index (κ1) is 15.1. The van der Waals surface area contributed by atoms with Crippen LogP contribution in [-0.4, -0.2) is 22.6 Å². The van der Waals surface area contributed by atoms with Crippen LogP contribution in [-0.2, 0) is 0 Å². The molecule has 1 aromatic heterocycles. The second kappa shape index (κ2) is 6.92. The summed E-state index contributed by atoms with van der Waals surface area (Å²) in [6, 6.07) is 9.74. The number of aromatic nitrogens is 2. The molecule has 112 valence electrons. The van der Waals surface area contributed by atoms with Crippen molar-refractivity contribution in [3.8, 4) is 5.75 Å². The number of nitrogens with zero attached hydrogens (tertiary/aromatic N) is 2. The van der Waals surface area contributed by atoms with E-state index in [1.807, 2.05) is 58.0 Å². The zero-order valence-electron chi connectivity index (χ0n) is 13.0. The summed E-state index contributed by atoms with van der Waals surface area (Å²) >= 11 is 0. The molecule has 1 aromatic carbocycles. The molecule has 5 heteroatoms. The molecule has 5 nitrogen and oxygen atoms in total. The van der Waals surface area contributed by atoms with Gasteiger partial charge in [0.2, 0.25) is 0 Å². The van der Waals surface area contributed by atoms with Crippen molar-refractivity contribution in [3.05, 3.63) is 36.2 Å². The van der Waals surface area contributed by atoms with Crippen LogP contribution in [0.1, 0.15) is 26.6 Å². The highest BCUT2D eigenvalue weighted by Crippen LogP contribution is 2.21. The molecule has 1 heterocycles. The third kappa shape index (κ3) is 4.63. The maximum absolute atomic E-state index is 5.63. The Morgan fingerprint density at radius 1 is 1.10 bits per heavy atom. The molecule has 0 spiro atoms. The van der Waals surface area contributed by atoms with E-state index in [-0.39, 0.29) is 6.10 Å². The molecule has 0 amide bonds. The molecule has 0 saturated carbocycles. The Labute approximate surface area is 125 Å². The summed E-state index contributed by atoms with van der Waals surface area (Å²) in [6.07, 6.45) is 0.177. The average Bonchev–Trinajstić information content (AvgIpc) is 2.40. The van der Waals surface area contributed by atoms with Crippen LogP contribution in [0.25, 0.3) is 0 Å². The number of benzene rings is 1. The number of nitrogens with one attached hydrogen (secondary N) is 2. The van der Waals surface area contributed by atoms with Gasteiger partial charge in [-0.1, -0.05) is 0 Å². The molecule has 2 N–H and O–H groups in total. The monoisotopic (exact) mass is 286 g/mol. The summed E-state index contributed by atoms with van der Waals surface area (Å²) in [5.41, 5.74) is 0.964. The Hall–Kier alpha value is -2.30. The summed E-state index contributed by atoms with van der Waals surface area (Å²) in [6.45, 7) is 8.77. The van der Waals surface area contributed by atoms with Gasteiger partial charge in [0.25, 0.3) is 0 Å². The third-order valence-corrected chi connectivity index (χ3v) is 2.69. The largest absolute Gasteiger partial charge is 0.491 e. The van der Waals surface area contributed by atoms with Crippen molar-refractivity contribution in [2.75, 3.05) is 17.2 Å². The number of ether oxygens (including phenoxy) is 1. The van der Waals surface area contributed by atoms with Crippen LogP contribution in [0.15, 0.2) is 30.3 Å². The van der Waals surface area contributed by atoms with E-state index in [4.69, 9.17) is 4.74 Å². The molecular formula is C16H22N4O. The standard InChI is InChI=1S/C16H22N4O/c1-5-17-15-10-16(19-12(4)18-15)20-13-6-8-14(9-7-13)21-11(2)3/h6-11H,5H2,1-4H3,(H2,17,18,19,20). The Balaban J connectivity index is 2.10. The van der Waals surface area contributed by atoms with E-state index in [0.29, 0.717) is 0 Å². The summed E-state index contributed by atoms with van der Waals surface area (Å²) in [7, 11) is 0. The maximum Gasteiger partial charge on any atom is 0.136 e. The lowest BCUT2D eigenvalue weighted by atomic mass is 10.3. The van der Waals surface area contributed by atoms with Crippen molar-refractivity contribution in [1.82, 2.24) is 9.97 Å². The quantitative estimate of drug-likeness (QED) is 0.847. The van der Waals surface area contributed by atoms with Gasteiger partial charge in [-0.05, 0) is 52.0 Å². The van der Waals surface area contributed by atoms with E-state index in [0.717, 1.165) is 35.4 Å². The predicted octanol–water partition coefficient (Wildman–Crippen LogP) is 3.75. The highest BCUT2D eigenvalue weighted by Gasteiger charge is 2.03. The fraction of sp³-hybridized carbons (Fsp3) is 0.375. The number of hydrogen-bond acceptors (Lipinski definition) is 5. The van der Waals surface area contributed by atoms with Crippen LogP contribution in [0.3, 0.4) is 0 Å². The third-order valence-electron chi connectivity index (χ3n) is 2.69. The van der Waals surface area contributed by atoms with Crippen LogP contribution >= 0.6 is 0 Å². The Bertz CT molecular complexity index is 581. The van der Waals surface area contributed by atoms with E-state index in [2.05, 4.69) is 20.6 Å². The minimum atomic E-state index is 0.177. The molecule has 0 unspecified atom stereocenters. The summed E-state index contributed by atoms with van der Waals surface area (Å²) in [5, 5.41) is 6.47. The fourth-order valence-corrected chi connectivity index (χ4v) is 1.94. The molecule has 0 bridgehead atoms. The molecule has 0 saturated heterocycles. The zero-order valence-corrected chi connectivity index (χ0v) is 13.0. The second-order valence-electron chi connectivity index (χ2n) is 5.03. The van der Waals surface area contributed by atoms with Gasteiger partial charge < -0.3 is 15.4 Å². The van der Waals surface area contributed by atoms with Crippen molar-refractivity contribution < 1.29 is 4.74 Å². The van der Waals surface area contributed by atoms with Crippen LogP contribution in [0, 0.1) is 6.92 Å². The van der Waals surface area contributed by atoms with Crippen LogP contribution < -0.4 is 15.4 Å². The van der Waals surface area contributed by atoms with Crippen molar-refractivity contribution in [2.45, 2.75) is 33.8 Å². The number of rotatable bonds is 6. The summed E-state index contributed by atoms with van der Waals surface area (Å²) < 4.78 is 5.63. The lowest BCUT2D eigenvalue weighted by molar-refractivity contribution is 0.242. The SMILES string of the molecule is CCNc1cc(Nc2ccc(OC(C)C)cc2)nc(C)n1. The number of hydrogen-bond donors (Lipinski definition) is 2. The minimum Gasteiger partial charge on any atom is -0.491 e. The topological polar surface area (TPSA) is 59.1 Å². The van der Waals surface area contributed by atoms with E-state index in [1.165, 1.54) is 0 Å². The van der Waals surface area contributed by atoms with Gasteiger partial charge in [-0.25, -0.2) is 9.97 Å². The lowest BCUT2D eigenvalue weighted by Gasteiger charge is -2.12. The first-order chi connectivity index (χ1) is 10.1. The highest BCUT2D eigenvalue weighted by molar-refractivity contribution is 5.59. The Morgan fingerprint density at radius 2 is 1.76 bits per heavy atom. The molecule has 2 rings (SSSR count). The van der Waals surface area contributed by atoms with Crippen LogP contribution in [0.5, 0.6) is 5.75 Å². The first-order valence-corrected chi connectivity index (χ1v) is 7.20. The van der Waals surface area contributed by atoms with E-state index < -0.39 is 0 Å². The van der Waals surface area contributed by atoms with Crippen molar-refractivity contribution in [2.24, 2.45) is 0 Å². The minimum absolute atomic E-state index is 0.177. The number of anilines is 3. The van der Waals surface area contributed by atoms with Gasteiger partial charge in [-0.2, -0.15) is 0 Å². The zero-order chi connectivity index (χ0) is 15.2. The van der Waals surface area contributed by atoms with E-state index in [1.54, 1.807) is 0 Å². The van der Waals surface area contributed by atoms with Gasteiger partial charge in [-0.15, -0.1) is 0 Å². The summed E-state index contributed by atoms with van der Waals surface area (Å²) in [5.74, 6) is 3.20. The molecule has 0 atom stereocenters. The fourth-order valence-electron chi connectivity index (χ4n) is 1.94. The van der Waals surface area contributed by atoms with Crippen molar-refractivity contribution in [3.63, 3.8) is 0 Å². The highest BCUT2D eigenvalue weighted by atomic mass is 16.5. The maximum atomic E-state index is 5.63. The Morgan fingerprint density at radius 3 is 2.38 bits per heavy atom. The Kier molecular flexibility index (Phi) is 4.98. The van der Waals surface area contributed by atoms with E-state index in [9.17, 15) is 0 Å². The normalized spacial score (nSPS) is 10.5. The van der Waals surface area contributed by atoms with Crippen LogP contribution in [0.4, 0.5) is 17.3 Å². The van der Waals surface area contributed by atoms with Gasteiger partial charge in [0.1, 0.15) is 23.2 Å². The summed E-state index contributed by atoms with van der Waals surface area (Å²) in [4.78, 5) is 8.72. The molecule has 2 aromatic rings. The smallest absolute Gasteiger partial charge is 0.136 e.